The van der Waals surface area contributed by atoms with Gasteiger partial charge in [0.05, 0.1) is 11.6 Å². The van der Waals surface area contributed by atoms with Crippen molar-refractivity contribution in [1.29, 1.82) is 5.26 Å². The molecule has 5 nitrogen and oxygen atoms in total. The zero-order valence-electron chi connectivity index (χ0n) is 10.4. The minimum absolute atomic E-state index is 0.398. The van der Waals surface area contributed by atoms with Crippen LogP contribution >= 0.6 is 0 Å². The predicted molar refractivity (Wildman–Crippen MR) is 75.5 cm³/mol. The second kappa shape index (κ2) is 4.52. The van der Waals surface area contributed by atoms with Gasteiger partial charge >= 0.3 is 0 Å². The summed E-state index contributed by atoms with van der Waals surface area (Å²) in [7, 11) is 0. The van der Waals surface area contributed by atoms with Crippen molar-refractivity contribution in [2.75, 3.05) is 5.01 Å². The van der Waals surface area contributed by atoms with E-state index < -0.39 is 5.03 Å². The smallest absolute Gasteiger partial charge is 0.170 e. The molecule has 1 heterocycles. The maximum absolute atomic E-state index is 11.5. The summed E-state index contributed by atoms with van der Waals surface area (Å²) in [5.41, 5.74) is 2.47. The van der Waals surface area contributed by atoms with E-state index in [9.17, 15) is 15.4 Å². The molecule has 0 bridgehead atoms. The van der Waals surface area contributed by atoms with Crippen molar-refractivity contribution in [2.45, 2.75) is 0 Å². The van der Waals surface area contributed by atoms with Crippen LogP contribution in [-0.4, -0.2) is 5.03 Å². The second-order valence-electron chi connectivity index (χ2n) is 4.30. The molecule has 0 spiro atoms. The van der Waals surface area contributed by atoms with Crippen LogP contribution in [0.25, 0.3) is 11.6 Å². The molecule has 0 saturated heterocycles. The fraction of sp³-hybridized carbons (Fsp3) is 0. The Hall–Kier alpha value is -3.13. The number of hydrogen-bond acceptors (Lipinski definition) is 3. The fourth-order valence-electron chi connectivity index (χ4n) is 2.32. The van der Waals surface area contributed by atoms with Gasteiger partial charge in [0.25, 0.3) is 0 Å². The molecule has 3 rings (SSSR count). The van der Waals surface area contributed by atoms with Crippen LogP contribution in [0.15, 0.2) is 48.5 Å². The molecule has 96 valence electrons. The summed E-state index contributed by atoms with van der Waals surface area (Å²) in [6.07, 6.45) is 1.68. The van der Waals surface area contributed by atoms with E-state index in [0.717, 1.165) is 5.01 Å². The first-order chi connectivity index (χ1) is 9.72. The lowest BCUT2D eigenvalue weighted by Crippen LogP contribution is -2.25. The number of nitrogens with zero attached hydrogens (tertiary/aromatic N) is 3. The molecule has 0 radical (unpaired) electrons. The van der Waals surface area contributed by atoms with Crippen molar-refractivity contribution in [3.8, 4) is 6.07 Å². The maximum atomic E-state index is 11.5. The molecule has 2 aromatic rings. The standard InChI is InChI=1S/C15H9N3O2/c16-10-12-9-11-5-1-3-7-14(11)17(18(19)20)15-8-4-2-6-13(12)15/h1-9H. The van der Waals surface area contributed by atoms with E-state index in [0.29, 0.717) is 28.1 Å². The summed E-state index contributed by atoms with van der Waals surface area (Å²) in [4.78, 5) is 11.5. The highest BCUT2D eigenvalue weighted by atomic mass is 16.7. The van der Waals surface area contributed by atoms with Crippen LogP contribution in [0.2, 0.25) is 0 Å². The van der Waals surface area contributed by atoms with Gasteiger partial charge in [-0.3, -0.25) is 0 Å². The maximum Gasteiger partial charge on any atom is 0.170 e. The molecule has 20 heavy (non-hydrogen) atoms. The van der Waals surface area contributed by atoms with Crippen molar-refractivity contribution >= 4 is 23.0 Å². The third-order valence-electron chi connectivity index (χ3n) is 3.17. The lowest BCUT2D eigenvalue weighted by atomic mass is 10.0. The molecule has 1 aliphatic rings. The Bertz CT molecular complexity index is 775. The fourth-order valence-corrected chi connectivity index (χ4v) is 2.32. The molecule has 0 N–H and O–H groups in total. The van der Waals surface area contributed by atoms with Crippen molar-refractivity contribution in [1.82, 2.24) is 0 Å². The number of allylic oxidation sites excluding steroid dienone is 1. The SMILES string of the molecule is N#CC1=Cc2ccccc2N([N+](=O)[O-])c2ccccc21. The van der Waals surface area contributed by atoms with E-state index in [-0.39, 0.29) is 0 Å². The van der Waals surface area contributed by atoms with Crippen LogP contribution in [0.3, 0.4) is 0 Å². The van der Waals surface area contributed by atoms with Gasteiger partial charge in [-0.1, -0.05) is 41.4 Å². The molecule has 1 aliphatic heterocycles. The first-order valence-electron chi connectivity index (χ1n) is 5.97. The quantitative estimate of drug-likeness (QED) is 0.584. The van der Waals surface area contributed by atoms with Gasteiger partial charge in [0, 0.05) is 11.1 Å². The highest BCUT2D eigenvalue weighted by Crippen LogP contribution is 2.39. The van der Waals surface area contributed by atoms with E-state index in [2.05, 4.69) is 6.07 Å². The Morgan fingerprint density at radius 1 is 1.05 bits per heavy atom. The van der Waals surface area contributed by atoms with Crippen molar-refractivity contribution in [3.63, 3.8) is 0 Å². The van der Waals surface area contributed by atoms with Crippen LogP contribution in [0, 0.1) is 21.4 Å². The van der Waals surface area contributed by atoms with E-state index in [1.807, 2.05) is 0 Å². The Balaban J connectivity index is 2.39. The number of hydrogen-bond donors (Lipinski definition) is 0. The average molecular weight is 263 g/mol. The number of benzene rings is 2. The van der Waals surface area contributed by atoms with E-state index >= 15 is 0 Å². The zero-order valence-corrected chi connectivity index (χ0v) is 10.4. The number of nitriles is 1. The molecule has 0 fully saturated rings. The number of anilines is 2. The van der Waals surface area contributed by atoms with Crippen molar-refractivity contribution in [2.24, 2.45) is 0 Å². The molecule has 5 heteroatoms. The molecule has 0 unspecified atom stereocenters. The number of rotatable bonds is 1. The Morgan fingerprint density at radius 2 is 1.70 bits per heavy atom. The van der Waals surface area contributed by atoms with Crippen LogP contribution in [0.5, 0.6) is 0 Å². The summed E-state index contributed by atoms with van der Waals surface area (Å²) >= 11 is 0. The minimum Gasteiger partial charge on any atom is -0.234 e. The first-order valence-corrected chi connectivity index (χ1v) is 5.97. The molecular weight excluding hydrogens is 254 g/mol. The minimum atomic E-state index is -0.466. The van der Waals surface area contributed by atoms with Gasteiger partial charge in [-0.15, -0.1) is 0 Å². The zero-order chi connectivity index (χ0) is 14.1. The van der Waals surface area contributed by atoms with Crippen LogP contribution in [0.4, 0.5) is 11.4 Å². The summed E-state index contributed by atoms with van der Waals surface area (Å²) in [6, 6.07) is 15.9. The third kappa shape index (κ3) is 1.71. The summed E-state index contributed by atoms with van der Waals surface area (Å²) in [5, 5.41) is 21.3. The van der Waals surface area contributed by atoms with E-state index in [4.69, 9.17) is 0 Å². The molecule has 0 atom stereocenters. The van der Waals surface area contributed by atoms with Gasteiger partial charge in [0.15, 0.2) is 5.03 Å². The molecule has 0 aromatic heterocycles. The van der Waals surface area contributed by atoms with Crippen molar-refractivity contribution in [3.05, 3.63) is 69.8 Å². The van der Waals surface area contributed by atoms with Gasteiger partial charge in [-0.2, -0.15) is 5.26 Å². The Labute approximate surface area is 115 Å². The Morgan fingerprint density at radius 3 is 2.40 bits per heavy atom. The van der Waals surface area contributed by atoms with Crippen LogP contribution in [-0.2, 0) is 0 Å². The van der Waals surface area contributed by atoms with Crippen LogP contribution < -0.4 is 5.01 Å². The van der Waals surface area contributed by atoms with E-state index in [1.165, 1.54) is 0 Å². The van der Waals surface area contributed by atoms with E-state index in [1.54, 1.807) is 54.6 Å². The molecule has 0 saturated carbocycles. The lowest BCUT2D eigenvalue weighted by Gasteiger charge is -2.16. The van der Waals surface area contributed by atoms with Crippen LogP contribution in [0.1, 0.15) is 11.1 Å². The van der Waals surface area contributed by atoms with Gasteiger partial charge in [0.2, 0.25) is 0 Å². The molecule has 2 aromatic carbocycles. The van der Waals surface area contributed by atoms with Gasteiger partial charge < -0.3 is 0 Å². The second-order valence-corrected chi connectivity index (χ2v) is 4.30. The largest absolute Gasteiger partial charge is 0.234 e. The lowest BCUT2D eigenvalue weighted by molar-refractivity contribution is -0.483. The summed E-state index contributed by atoms with van der Waals surface area (Å²) in [5.74, 6) is 0. The summed E-state index contributed by atoms with van der Waals surface area (Å²) < 4.78 is 0. The normalized spacial score (nSPS) is 12.6. The molecule has 0 aliphatic carbocycles. The number of fused-ring (bicyclic) bond motifs is 2. The van der Waals surface area contributed by atoms with Crippen molar-refractivity contribution < 1.29 is 5.03 Å². The number of para-hydroxylation sites is 2. The average Bonchev–Trinajstić information content (AvgIpc) is 2.61. The molecular formula is C15H9N3O2. The highest BCUT2D eigenvalue weighted by Gasteiger charge is 2.28. The van der Waals surface area contributed by atoms with Gasteiger partial charge in [-0.25, -0.2) is 10.1 Å². The number of nitro groups is 1. The first kappa shape index (κ1) is 11.9. The molecule has 0 amide bonds. The summed E-state index contributed by atoms with van der Waals surface area (Å²) in [6.45, 7) is 0. The Kier molecular flexibility index (Phi) is 2.70. The number of hydrazine groups is 1. The predicted octanol–water partition coefficient (Wildman–Crippen LogP) is 3.39. The van der Waals surface area contributed by atoms with Gasteiger partial charge in [0.1, 0.15) is 11.4 Å². The highest BCUT2D eigenvalue weighted by molar-refractivity contribution is 5.99. The van der Waals surface area contributed by atoms with Gasteiger partial charge in [-0.05, 0) is 18.2 Å². The third-order valence-corrected chi connectivity index (χ3v) is 3.17. The topological polar surface area (TPSA) is 70.2 Å². The monoisotopic (exact) mass is 263 g/mol.